The standard InChI is InChI=1S/C27H16Cl2O6S2/c28-18-8-12-22-20(14-18)26(30)24(36(22,32)33)10-6-17(16-4-2-1-3-5-16)7-11-25-27(31)21-15-19(29)9-13-23(21)37(25,34)35/h1-6,8-15H,7H2. The normalized spacial score (nSPS) is 19.9. The van der Waals surface area contributed by atoms with Gasteiger partial charge in [-0.3, -0.25) is 9.59 Å². The Kier molecular flexibility index (Phi) is 6.32. The van der Waals surface area contributed by atoms with Gasteiger partial charge in [-0.25, -0.2) is 16.8 Å². The predicted octanol–water partition coefficient (Wildman–Crippen LogP) is 5.88. The summed E-state index contributed by atoms with van der Waals surface area (Å²) in [5.41, 5.74) is 1.15. The zero-order valence-electron chi connectivity index (χ0n) is 18.8. The van der Waals surface area contributed by atoms with Crippen LogP contribution in [0.2, 0.25) is 10.0 Å². The maximum atomic E-state index is 13.0. The fraction of sp³-hybridized carbons (Fsp3) is 0.0370. The van der Waals surface area contributed by atoms with Crippen molar-refractivity contribution in [2.24, 2.45) is 0 Å². The summed E-state index contributed by atoms with van der Waals surface area (Å²) in [7, 11) is -8.10. The Morgan fingerprint density at radius 2 is 1.22 bits per heavy atom. The number of rotatable bonds is 4. The molecule has 0 atom stereocenters. The van der Waals surface area contributed by atoms with Gasteiger partial charge in [-0.2, -0.15) is 0 Å². The van der Waals surface area contributed by atoms with Crippen molar-refractivity contribution in [3.8, 4) is 0 Å². The number of hydrogen-bond acceptors (Lipinski definition) is 6. The lowest BCUT2D eigenvalue weighted by Crippen LogP contribution is -2.03. The minimum Gasteiger partial charge on any atom is -0.288 e. The number of sulfone groups is 2. The lowest BCUT2D eigenvalue weighted by atomic mass is 10.0. The zero-order chi connectivity index (χ0) is 26.5. The summed E-state index contributed by atoms with van der Waals surface area (Å²) in [5.74, 6) is -1.34. The number of benzene rings is 3. The fourth-order valence-corrected chi connectivity index (χ4v) is 7.71. The van der Waals surface area contributed by atoms with Gasteiger partial charge in [-0.15, -0.1) is 0 Å². The Hall–Kier alpha value is -3.30. The molecule has 5 rings (SSSR count). The van der Waals surface area contributed by atoms with E-state index in [2.05, 4.69) is 0 Å². The smallest absolute Gasteiger partial charge is 0.211 e. The van der Waals surface area contributed by atoms with Crippen molar-refractivity contribution in [3.63, 3.8) is 0 Å². The van der Waals surface area contributed by atoms with Crippen LogP contribution in [0.1, 0.15) is 32.7 Å². The third kappa shape index (κ3) is 4.30. The van der Waals surface area contributed by atoms with E-state index in [0.29, 0.717) is 11.1 Å². The van der Waals surface area contributed by atoms with Crippen LogP contribution in [0, 0.1) is 0 Å². The molecule has 2 aliphatic rings. The van der Waals surface area contributed by atoms with Crippen molar-refractivity contribution in [2.75, 3.05) is 0 Å². The number of hydrogen-bond donors (Lipinski definition) is 0. The number of carbonyl (C=O) groups excluding carboxylic acids is 2. The highest BCUT2D eigenvalue weighted by Gasteiger charge is 2.40. The van der Waals surface area contributed by atoms with E-state index in [0.717, 1.165) is 0 Å². The molecule has 3 aromatic carbocycles. The van der Waals surface area contributed by atoms with Crippen molar-refractivity contribution < 1.29 is 26.4 Å². The average Bonchev–Trinajstić information content (AvgIpc) is 3.16. The molecule has 0 amide bonds. The zero-order valence-corrected chi connectivity index (χ0v) is 22.0. The number of ketones is 2. The van der Waals surface area contributed by atoms with Gasteiger partial charge in [0.2, 0.25) is 31.2 Å². The molecular formula is C27H16Cl2O6S2. The first kappa shape index (κ1) is 25.4. The maximum Gasteiger partial charge on any atom is 0.211 e. The molecule has 3 aromatic rings. The van der Waals surface area contributed by atoms with Crippen LogP contribution in [0.25, 0.3) is 5.57 Å². The van der Waals surface area contributed by atoms with Crippen LogP contribution >= 0.6 is 23.2 Å². The van der Waals surface area contributed by atoms with Crippen LogP contribution < -0.4 is 0 Å². The minimum atomic E-state index is -4.06. The first-order chi connectivity index (χ1) is 17.5. The van der Waals surface area contributed by atoms with Crippen molar-refractivity contribution in [1.82, 2.24) is 0 Å². The van der Waals surface area contributed by atoms with Gasteiger partial charge in [-0.05, 0) is 60.0 Å². The van der Waals surface area contributed by atoms with Gasteiger partial charge >= 0.3 is 0 Å². The van der Waals surface area contributed by atoms with Crippen LogP contribution in [0.4, 0.5) is 0 Å². The minimum absolute atomic E-state index is 0.00480. The Labute approximate surface area is 223 Å². The van der Waals surface area contributed by atoms with Gasteiger partial charge in [0.05, 0.1) is 9.79 Å². The van der Waals surface area contributed by atoms with Crippen LogP contribution in [0.15, 0.2) is 105 Å². The Balaban J connectivity index is 1.58. The lowest BCUT2D eigenvalue weighted by molar-refractivity contribution is 0.103. The first-order valence-corrected chi connectivity index (χ1v) is 14.6. The molecule has 0 spiro atoms. The number of fused-ring (bicyclic) bond motifs is 2. The van der Waals surface area contributed by atoms with Crippen molar-refractivity contribution in [2.45, 2.75) is 16.2 Å². The average molecular weight is 571 g/mol. The van der Waals surface area contributed by atoms with E-state index in [-0.39, 0.29) is 42.3 Å². The second-order valence-electron chi connectivity index (χ2n) is 8.31. The highest BCUT2D eigenvalue weighted by Crippen LogP contribution is 2.38. The van der Waals surface area contributed by atoms with Crippen LogP contribution in [-0.4, -0.2) is 28.4 Å². The number of halogens is 2. The Morgan fingerprint density at radius 3 is 1.78 bits per heavy atom. The molecule has 0 aliphatic carbocycles. The highest BCUT2D eigenvalue weighted by molar-refractivity contribution is 7.97. The summed E-state index contributed by atoms with van der Waals surface area (Å²) in [6.07, 6.45) is 3.91. The fourth-order valence-electron chi connectivity index (χ4n) is 4.26. The van der Waals surface area contributed by atoms with Gasteiger partial charge in [0.15, 0.2) is 0 Å². The second kappa shape index (κ2) is 9.22. The van der Waals surface area contributed by atoms with Gasteiger partial charge in [-0.1, -0.05) is 65.7 Å². The van der Waals surface area contributed by atoms with Crippen LogP contribution in [-0.2, 0) is 19.7 Å². The molecule has 6 nitrogen and oxygen atoms in total. The summed E-state index contributed by atoms with van der Waals surface area (Å²) in [6, 6.07) is 16.8. The van der Waals surface area contributed by atoms with Gasteiger partial charge < -0.3 is 0 Å². The molecule has 0 unspecified atom stereocenters. The molecule has 37 heavy (non-hydrogen) atoms. The molecule has 2 aliphatic heterocycles. The van der Waals surface area contributed by atoms with Crippen LogP contribution in [0.5, 0.6) is 0 Å². The summed E-state index contributed by atoms with van der Waals surface area (Å²) in [5, 5.41) is 0.477. The molecule has 0 saturated heterocycles. The van der Waals surface area contributed by atoms with Gasteiger partial charge in [0.25, 0.3) is 0 Å². The summed E-state index contributed by atoms with van der Waals surface area (Å²) in [6.45, 7) is 0. The van der Waals surface area contributed by atoms with E-state index in [1.165, 1.54) is 54.6 Å². The summed E-state index contributed by atoms with van der Waals surface area (Å²) in [4.78, 5) is 24.7. The molecule has 0 radical (unpaired) electrons. The lowest BCUT2D eigenvalue weighted by Gasteiger charge is -2.06. The molecule has 2 heterocycles. The highest BCUT2D eigenvalue weighted by atomic mass is 35.5. The van der Waals surface area contributed by atoms with E-state index in [1.807, 2.05) is 0 Å². The summed E-state index contributed by atoms with van der Waals surface area (Å²) >= 11 is 11.9. The first-order valence-electron chi connectivity index (χ1n) is 10.9. The number of carbonyl (C=O) groups is 2. The van der Waals surface area contributed by atoms with Crippen molar-refractivity contribution in [1.29, 1.82) is 0 Å². The van der Waals surface area contributed by atoms with E-state index >= 15 is 0 Å². The molecular weight excluding hydrogens is 555 g/mol. The predicted molar refractivity (Wildman–Crippen MR) is 141 cm³/mol. The van der Waals surface area contributed by atoms with Gasteiger partial charge in [0, 0.05) is 21.2 Å². The number of Topliss-reactive ketones (excluding diaryl/α,β-unsaturated/α-hetero) is 2. The Bertz CT molecular complexity index is 1820. The van der Waals surface area contributed by atoms with E-state index in [4.69, 9.17) is 23.2 Å². The van der Waals surface area contributed by atoms with E-state index < -0.39 is 36.1 Å². The SMILES string of the molecule is O=C1C(=CC=C(CC=C2C(=O)c3cc(Cl)ccc3S2(=O)=O)c2ccccc2)S(=O)(=O)c2ccc(Cl)cc21. The second-order valence-corrected chi connectivity index (χ2v) is 13.0. The monoisotopic (exact) mass is 570 g/mol. The van der Waals surface area contributed by atoms with Crippen molar-refractivity contribution in [3.05, 3.63) is 122 Å². The molecule has 10 heteroatoms. The maximum absolute atomic E-state index is 13.0. The topological polar surface area (TPSA) is 102 Å². The summed E-state index contributed by atoms with van der Waals surface area (Å²) < 4.78 is 52.0. The quantitative estimate of drug-likeness (QED) is 0.363. The van der Waals surface area contributed by atoms with Crippen LogP contribution in [0.3, 0.4) is 0 Å². The van der Waals surface area contributed by atoms with E-state index in [9.17, 15) is 26.4 Å². The van der Waals surface area contributed by atoms with Crippen molar-refractivity contribution >= 4 is 60.0 Å². The Morgan fingerprint density at radius 1 is 0.703 bits per heavy atom. The third-order valence-electron chi connectivity index (χ3n) is 6.07. The molecule has 0 bridgehead atoms. The largest absolute Gasteiger partial charge is 0.288 e. The molecule has 0 saturated carbocycles. The molecule has 186 valence electrons. The molecule has 0 fully saturated rings. The molecule has 0 N–H and O–H groups in total. The number of allylic oxidation sites excluding steroid dienone is 6. The molecule has 0 aromatic heterocycles. The van der Waals surface area contributed by atoms with Gasteiger partial charge in [0.1, 0.15) is 9.81 Å². The third-order valence-corrected chi connectivity index (χ3v) is 10.2. The van der Waals surface area contributed by atoms with E-state index in [1.54, 1.807) is 30.3 Å².